The standard InChI is InChI=1S/C5H12N2O.C3H7NO/c1-6(2)5(8)7(3)4;1-4(2)3-5/h1-4H3;3H,1-2H3. The van der Waals surface area contributed by atoms with Crippen molar-refractivity contribution in [2.45, 2.75) is 0 Å². The summed E-state index contributed by atoms with van der Waals surface area (Å²) in [7, 11) is 10.3. The predicted octanol–water partition coefficient (Wildman–Crippen LogP) is -0.0660. The Hall–Kier alpha value is -1.26. The van der Waals surface area contributed by atoms with Crippen molar-refractivity contribution in [1.29, 1.82) is 0 Å². The molecule has 0 aliphatic heterocycles. The molecule has 0 aliphatic carbocycles. The van der Waals surface area contributed by atoms with Gasteiger partial charge >= 0.3 is 6.03 Å². The summed E-state index contributed by atoms with van der Waals surface area (Å²) in [5, 5.41) is 0. The highest BCUT2D eigenvalue weighted by Gasteiger charge is 2.02. The lowest BCUT2D eigenvalue weighted by atomic mass is 10.7. The van der Waals surface area contributed by atoms with Gasteiger partial charge in [0.2, 0.25) is 6.41 Å². The van der Waals surface area contributed by atoms with Crippen molar-refractivity contribution in [3.63, 3.8) is 0 Å². The Balaban J connectivity index is 0. The normalized spacial score (nSPS) is 7.85. The number of nitrogens with zero attached hydrogens (tertiary/aromatic N) is 3. The van der Waals surface area contributed by atoms with Crippen molar-refractivity contribution in [1.82, 2.24) is 14.7 Å². The molecule has 78 valence electrons. The van der Waals surface area contributed by atoms with Crippen LogP contribution in [0.1, 0.15) is 0 Å². The van der Waals surface area contributed by atoms with Gasteiger partial charge in [0.05, 0.1) is 0 Å². The Morgan fingerprint density at radius 2 is 1.15 bits per heavy atom. The van der Waals surface area contributed by atoms with Crippen LogP contribution in [-0.2, 0) is 4.79 Å². The van der Waals surface area contributed by atoms with E-state index >= 15 is 0 Å². The molecule has 0 rings (SSSR count). The first-order valence-electron chi connectivity index (χ1n) is 3.83. The minimum absolute atomic E-state index is 0.0185. The molecule has 0 saturated heterocycles. The van der Waals surface area contributed by atoms with E-state index in [4.69, 9.17) is 0 Å². The smallest absolute Gasteiger partial charge is 0.318 e. The van der Waals surface area contributed by atoms with Crippen LogP contribution < -0.4 is 0 Å². The SMILES string of the molecule is CN(C)C(=O)N(C)C.CN(C)C=O. The Bertz CT molecular complexity index is 145. The minimum Gasteiger partial charge on any atom is -0.351 e. The van der Waals surface area contributed by atoms with Crippen molar-refractivity contribution in [3.05, 3.63) is 0 Å². The summed E-state index contributed by atoms with van der Waals surface area (Å²) in [6.45, 7) is 0. The lowest BCUT2D eigenvalue weighted by Crippen LogP contribution is -2.33. The highest BCUT2D eigenvalue weighted by Crippen LogP contribution is 1.83. The van der Waals surface area contributed by atoms with Crippen LogP contribution in [0, 0.1) is 0 Å². The van der Waals surface area contributed by atoms with Crippen LogP contribution in [0.3, 0.4) is 0 Å². The van der Waals surface area contributed by atoms with E-state index in [0.29, 0.717) is 0 Å². The minimum atomic E-state index is 0.0185. The highest BCUT2D eigenvalue weighted by atomic mass is 16.2. The molecule has 0 aliphatic rings. The summed E-state index contributed by atoms with van der Waals surface area (Å²) in [6, 6.07) is 0.0185. The first-order chi connectivity index (χ1) is 5.82. The second-order valence-electron chi connectivity index (χ2n) is 3.14. The Morgan fingerprint density at radius 1 is 0.923 bits per heavy atom. The number of hydrogen-bond donors (Lipinski definition) is 0. The maximum atomic E-state index is 10.7. The average Bonchev–Trinajstić information content (AvgIpc) is 2.03. The second-order valence-corrected chi connectivity index (χ2v) is 3.14. The van der Waals surface area contributed by atoms with Gasteiger partial charge in [-0.05, 0) is 0 Å². The van der Waals surface area contributed by atoms with Crippen molar-refractivity contribution in [2.75, 3.05) is 42.3 Å². The lowest BCUT2D eigenvalue weighted by Gasteiger charge is -2.16. The molecule has 0 aromatic carbocycles. The van der Waals surface area contributed by atoms with Gasteiger partial charge in [-0.25, -0.2) is 4.79 Å². The fourth-order valence-electron chi connectivity index (χ4n) is 0.400. The number of carbonyl (C=O) groups excluding carboxylic acids is 2. The van der Waals surface area contributed by atoms with Crippen LogP contribution in [0.25, 0.3) is 0 Å². The molecule has 0 unspecified atom stereocenters. The van der Waals surface area contributed by atoms with Gasteiger partial charge in [-0.1, -0.05) is 0 Å². The third kappa shape index (κ3) is 10.7. The van der Waals surface area contributed by atoms with Gasteiger partial charge < -0.3 is 14.7 Å². The summed E-state index contributed by atoms with van der Waals surface area (Å²) in [5.41, 5.74) is 0. The molecule has 0 radical (unpaired) electrons. The molecule has 0 fully saturated rings. The average molecular weight is 189 g/mol. The molecule has 3 amide bonds. The maximum Gasteiger partial charge on any atom is 0.318 e. The quantitative estimate of drug-likeness (QED) is 0.542. The predicted molar refractivity (Wildman–Crippen MR) is 52.5 cm³/mol. The molecule has 0 heterocycles. The van der Waals surface area contributed by atoms with Crippen molar-refractivity contribution < 1.29 is 9.59 Å². The number of hydrogen-bond acceptors (Lipinski definition) is 2. The van der Waals surface area contributed by atoms with E-state index in [1.165, 1.54) is 14.7 Å². The number of amides is 3. The number of urea groups is 1. The zero-order valence-corrected chi connectivity index (χ0v) is 9.24. The molecule has 0 spiro atoms. The van der Waals surface area contributed by atoms with Crippen LogP contribution in [0.15, 0.2) is 0 Å². The molecule has 5 heteroatoms. The van der Waals surface area contributed by atoms with Crippen molar-refractivity contribution in [3.8, 4) is 0 Å². The monoisotopic (exact) mass is 189 g/mol. The number of carbonyl (C=O) groups is 2. The third-order valence-electron chi connectivity index (χ3n) is 0.976. The summed E-state index contributed by atoms with van der Waals surface area (Å²) in [6.07, 6.45) is 0.750. The molecule has 13 heavy (non-hydrogen) atoms. The van der Waals surface area contributed by atoms with Crippen molar-refractivity contribution >= 4 is 12.4 Å². The first kappa shape index (κ1) is 14.3. The molecular formula is C8H19N3O2. The lowest BCUT2D eigenvalue weighted by molar-refractivity contribution is -0.115. The Kier molecular flexibility index (Phi) is 8.12. The molecular weight excluding hydrogens is 170 g/mol. The second kappa shape index (κ2) is 7.39. The molecule has 0 bridgehead atoms. The molecule has 0 atom stereocenters. The van der Waals surface area contributed by atoms with Gasteiger partial charge in [-0.15, -0.1) is 0 Å². The van der Waals surface area contributed by atoms with E-state index in [0.717, 1.165) is 6.41 Å². The van der Waals surface area contributed by atoms with Crippen LogP contribution in [0.2, 0.25) is 0 Å². The molecule has 0 aromatic heterocycles. The van der Waals surface area contributed by atoms with E-state index in [-0.39, 0.29) is 6.03 Å². The Labute approximate surface area is 79.9 Å². The summed E-state index contributed by atoms with van der Waals surface area (Å²) in [4.78, 5) is 24.6. The summed E-state index contributed by atoms with van der Waals surface area (Å²) >= 11 is 0. The zero-order chi connectivity index (χ0) is 11.0. The molecule has 0 aromatic rings. The van der Waals surface area contributed by atoms with Gasteiger partial charge in [0.1, 0.15) is 0 Å². The van der Waals surface area contributed by atoms with Crippen LogP contribution in [0.5, 0.6) is 0 Å². The molecule has 0 N–H and O–H groups in total. The fraction of sp³-hybridized carbons (Fsp3) is 0.750. The van der Waals surface area contributed by atoms with Gasteiger partial charge in [0.15, 0.2) is 0 Å². The summed E-state index contributed by atoms with van der Waals surface area (Å²) < 4.78 is 0. The van der Waals surface area contributed by atoms with Crippen LogP contribution in [0.4, 0.5) is 4.79 Å². The first-order valence-corrected chi connectivity index (χ1v) is 3.83. The molecule has 0 saturated carbocycles. The van der Waals surface area contributed by atoms with Crippen LogP contribution >= 0.6 is 0 Å². The fourth-order valence-corrected chi connectivity index (χ4v) is 0.400. The maximum absolute atomic E-state index is 10.7. The van der Waals surface area contributed by atoms with Gasteiger partial charge in [-0.2, -0.15) is 0 Å². The summed E-state index contributed by atoms with van der Waals surface area (Å²) in [5.74, 6) is 0. The largest absolute Gasteiger partial charge is 0.351 e. The van der Waals surface area contributed by atoms with Gasteiger partial charge in [0, 0.05) is 42.3 Å². The topological polar surface area (TPSA) is 43.9 Å². The van der Waals surface area contributed by atoms with Crippen LogP contribution in [-0.4, -0.2) is 69.4 Å². The Morgan fingerprint density at radius 3 is 1.15 bits per heavy atom. The highest BCUT2D eigenvalue weighted by molar-refractivity contribution is 5.72. The number of rotatable bonds is 1. The van der Waals surface area contributed by atoms with E-state index in [9.17, 15) is 9.59 Å². The van der Waals surface area contributed by atoms with E-state index < -0.39 is 0 Å². The van der Waals surface area contributed by atoms with Gasteiger partial charge in [-0.3, -0.25) is 4.79 Å². The zero-order valence-electron chi connectivity index (χ0n) is 9.24. The van der Waals surface area contributed by atoms with Gasteiger partial charge in [0.25, 0.3) is 0 Å². The van der Waals surface area contributed by atoms with E-state index in [1.807, 2.05) is 0 Å². The van der Waals surface area contributed by atoms with E-state index in [2.05, 4.69) is 0 Å². The van der Waals surface area contributed by atoms with Crippen molar-refractivity contribution in [2.24, 2.45) is 0 Å². The van der Waals surface area contributed by atoms with E-state index in [1.54, 1.807) is 42.3 Å². The molecule has 5 nitrogen and oxygen atoms in total. The third-order valence-corrected chi connectivity index (χ3v) is 0.976.